The minimum atomic E-state index is -0.367. The van der Waals surface area contributed by atoms with Crippen molar-refractivity contribution in [2.24, 2.45) is 5.73 Å². The Morgan fingerprint density at radius 2 is 1.89 bits per heavy atom. The Labute approximate surface area is 124 Å². The van der Waals surface area contributed by atoms with E-state index in [0.29, 0.717) is 5.02 Å². The van der Waals surface area contributed by atoms with Gasteiger partial charge in [-0.3, -0.25) is 0 Å². The second-order valence-electron chi connectivity index (χ2n) is 4.21. The summed E-state index contributed by atoms with van der Waals surface area (Å²) in [6.07, 6.45) is 0. The molecule has 0 radical (unpaired) electrons. The maximum Gasteiger partial charge on any atom is 0.123 e. The van der Waals surface area contributed by atoms with Gasteiger partial charge < -0.3 is 5.73 Å². The molecule has 0 bridgehead atoms. The second kappa shape index (κ2) is 5.55. The molecular formula is C14H12ClFIN. The highest BCUT2D eigenvalue weighted by Crippen LogP contribution is 2.26. The van der Waals surface area contributed by atoms with E-state index in [1.165, 1.54) is 12.1 Å². The smallest absolute Gasteiger partial charge is 0.123 e. The summed E-state index contributed by atoms with van der Waals surface area (Å²) in [6, 6.07) is 10.1. The largest absolute Gasteiger partial charge is 0.320 e. The number of halogens is 3. The molecule has 18 heavy (non-hydrogen) atoms. The van der Waals surface area contributed by atoms with Crippen LogP contribution < -0.4 is 5.73 Å². The molecule has 2 N–H and O–H groups in total. The van der Waals surface area contributed by atoms with Crippen LogP contribution in [0.1, 0.15) is 22.7 Å². The molecule has 0 saturated heterocycles. The predicted octanol–water partition coefficient (Wildman–Crippen LogP) is 4.44. The fourth-order valence-electron chi connectivity index (χ4n) is 1.84. The first-order chi connectivity index (χ1) is 8.47. The normalized spacial score (nSPS) is 12.5. The number of hydrogen-bond donors (Lipinski definition) is 1. The molecule has 2 rings (SSSR count). The lowest BCUT2D eigenvalue weighted by atomic mass is 9.98. The Balaban J connectivity index is 2.40. The van der Waals surface area contributed by atoms with Crippen LogP contribution in [-0.4, -0.2) is 0 Å². The fourth-order valence-corrected chi connectivity index (χ4v) is 2.37. The van der Waals surface area contributed by atoms with E-state index >= 15 is 0 Å². The van der Waals surface area contributed by atoms with Crippen LogP contribution in [0.25, 0.3) is 0 Å². The molecule has 1 unspecified atom stereocenters. The Kier molecular flexibility index (Phi) is 4.25. The molecule has 0 aliphatic rings. The maximum absolute atomic E-state index is 13.4. The van der Waals surface area contributed by atoms with Crippen LogP contribution in [0, 0.1) is 16.3 Å². The predicted molar refractivity (Wildman–Crippen MR) is 81.3 cm³/mol. The third-order valence-electron chi connectivity index (χ3n) is 2.73. The van der Waals surface area contributed by atoms with Gasteiger partial charge in [0.2, 0.25) is 0 Å². The molecular weight excluding hydrogens is 364 g/mol. The fraction of sp³-hybridized carbons (Fsp3) is 0.143. The minimum absolute atomic E-state index is 0.267. The van der Waals surface area contributed by atoms with Crippen molar-refractivity contribution in [1.29, 1.82) is 0 Å². The van der Waals surface area contributed by atoms with Crippen molar-refractivity contribution in [3.8, 4) is 0 Å². The topological polar surface area (TPSA) is 26.0 Å². The molecule has 0 spiro atoms. The summed E-state index contributed by atoms with van der Waals surface area (Å²) in [5.74, 6) is -0.267. The summed E-state index contributed by atoms with van der Waals surface area (Å²) >= 11 is 8.23. The van der Waals surface area contributed by atoms with E-state index in [1.807, 2.05) is 31.2 Å². The highest BCUT2D eigenvalue weighted by atomic mass is 127. The van der Waals surface area contributed by atoms with Gasteiger partial charge in [0, 0.05) is 3.57 Å². The molecule has 0 aliphatic carbocycles. The van der Waals surface area contributed by atoms with E-state index in [4.69, 9.17) is 17.3 Å². The van der Waals surface area contributed by atoms with Crippen molar-refractivity contribution in [3.63, 3.8) is 0 Å². The molecule has 4 heteroatoms. The third kappa shape index (κ3) is 3.02. The third-order valence-corrected chi connectivity index (χ3v) is 4.30. The van der Waals surface area contributed by atoms with Gasteiger partial charge in [-0.1, -0.05) is 23.7 Å². The van der Waals surface area contributed by atoms with E-state index in [0.717, 1.165) is 20.3 Å². The average molecular weight is 376 g/mol. The molecule has 0 aromatic heterocycles. The zero-order valence-corrected chi connectivity index (χ0v) is 12.7. The van der Waals surface area contributed by atoms with Gasteiger partial charge in [0.25, 0.3) is 0 Å². The lowest BCUT2D eigenvalue weighted by Gasteiger charge is -2.14. The Hall–Kier alpha value is -0.650. The van der Waals surface area contributed by atoms with Crippen LogP contribution in [0.3, 0.4) is 0 Å². The monoisotopic (exact) mass is 375 g/mol. The van der Waals surface area contributed by atoms with Crippen molar-refractivity contribution in [2.75, 3.05) is 0 Å². The number of benzene rings is 2. The van der Waals surface area contributed by atoms with E-state index < -0.39 is 0 Å². The first-order valence-electron chi connectivity index (χ1n) is 5.45. The first kappa shape index (κ1) is 13.8. The zero-order valence-electron chi connectivity index (χ0n) is 9.75. The van der Waals surface area contributed by atoms with Crippen LogP contribution in [0.15, 0.2) is 36.4 Å². The average Bonchev–Trinajstić information content (AvgIpc) is 2.30. The quantitative estimate of drug-likeness (QED) is 0.772. The van der Waals surface area contributed by atoms with Gasteiger partial charge in [-0.15, -0.1) is 0 Å². The summed E-state index contributed by atoms with van der Waals surface area (Å²) < 4.78 is 14.3. The Morgan fingerprint density at radius 3 is 2.50 bits per heavy atom. The molecule has 1 atom stereocenters. The molecule has 0 saturated carbocycles. The molecule has 0 fully saturated rings. The molecule has 0 amide bonds. The molecule has 1 nitrogen and oxygen atoms in total. The molecule has 0 aliphatic heterocycles. The van der Waals surface area contributed by atoms with E-state index in [2.05, 4.69) is 22.6 Å². The standard InChI is InChI=1S/C14H12ClFIN/c1-8-4-10(6-11(16)5-8)14(18)9-2-3-13(17)12(15)7-9/h2-7,14H,18H2,1H3. The molecule has 0 heterocycles. The zero-order chi connectivity index (χ0) is 13.3. The van der Waals surface area contributed by atoms with Crippen molar-refractivity contribution >= 4 is 34.2 Å². The van der Waals surface area contributed by atoms with Crippen LogP contribution in [-0.2, 0) is 0 Å². The molecule has 94 valence electrons. The minimum Gasteiger partial charge on any atom is -0.320 e. The molecule has 2 aromatic rings. The van der Waals surface area contributed by atoms with Gasteiger partial charge in [0.1, 0.15) is 5.82 Å². The number of hydrogen-bond acceptors (Lipinski definition) is 1. The van der Waals surface area contributed by atoms with Gasteiger partial charge >= 0.3 is 0 Å². The van der Waals surface area contributed by atoms with Crippen molar-refractivity contribution < 1.29 is 4.39 Å². The van der Waals surface area contributed by atoms with Gasteiger partial charge in [-0.25, -0.2) is 4.39 Å². The van der Waals surface area contributed by atoms with Crippen LogP contribution >= 0.6 is 34.2 Å². The number of aryl methyl sites for hydroxylation is 1. The number of nitrogens with two attached hydrogens (primary N) is 1. The van der Waals surface area contributed by atoms with E-state index in [1.54, 1.807) is 0 Å². The highest BCUT2D eigenvalue weighted by Gasteiger charge is 2.11. The van der Waals surface area contributed by atoms with Gasteiger partial charge in [0.05, 0.1) is 11.1 Å². The lowest BCUT2D eigenvalue weighted by molar-refractivity contribution is 0.622. The van der Waals surface area contributed by atoms with Gasteiger partial charge in [0.15, 0.2) is 0 Å². The summed E-state index contributed by atoms with van der Waals surface area (Å²) in [5, 5.41) is 0.664. The van der Waals surface area contributed by atoms with E-state index in [9.17, 15) is 4.39 Å². The van der Waals surface area contributed by atoms with Gasteiger partial charge in [-0.05, 0) is 70.5 Å². The van der Waals surface area contributed by atoms with Crippen LogP contribution in [0.4, 0.5) is 4.39 Å². The second-order valence-corrected chi connectivity index (χ2v) is 5.78. The summed E-state index contributed by atoms with van der Waals surface area (Å²) in [7, 11) is 0. The molecule has 2 aromatic carbocycles. The summed E-state index contributed by atoms with van der Waals surface area (Å²) in [4.78, 5) is 0. The van der Waals surface area contributed by atoms with Crippen molar-refractivity contribution in [2.45, 2.75) is 13.0 Å². The van der Waals surface area contributed by atoms with Crippen LogP contribution in [0.5, 0.6) is 0 Å². The number of rotatable bonds is 2. The van der Waals surface area contributed by atoms with Crippen molar-refractivity contribution in [1.82, 2.24) is 0 Å². The highest BCUT2D eigenvalue weighted by molar-refractivity contribution is 14.1. The SMILES string of the molecule is Cc1cc(F)cc(C(N)c2ccc(I)c(Cl)c2)c1. The van der Waals surface area contributed by atoms with E-state index in [-0.39, 0.29) is 11.9 Å². The lowest BCUT2D eigenvalue weighted by Crippen LogP contribution is -2.12. The van der Waals surface area contributed by atoms with Gasteiger partial charge in [-0.2, -0.15) is 0 Å². The first-order valence-corrected chi connectivity index (χ1v) is 6.90. The summed E-state index contributed by atoms with van der Waals surface area (Å²) in [5.41, 5.74) is 8.64. The Morgan fingerprint density at radius 1 is 1.17 bits per heavy atom. The Bertz CT molecular complexity index is 566. The maximum atomic E-state index is 13.4. The summed E-state index contributed by atoms with van der Waals surface area (Å²) in [6.45, 7) is 1.85. The van der Waals surface area contributed by atoms with Crippen molar-refractivity contribution in [3.05, 3.63) is 67.5 Å². The van der Waals surface area contributed by atoms with Crippen LogP contribution in [0.2, 0.25) is 5.02 Å².